The molecule has 1 aliphatic heterocycles. The van der Waals surface area contributed by atoms with Crippen LogP contribution in [0.3, 0.4) is 0 Å². The molecule has 0 fully saturated rings. The fourth-order valence-corrected chi connectivity index (χ4v) is 3.54. The highest BCUT2D eigenvalue weighted by atomic mass is 16.2. The van der Waals surface area contributed by atoms with Gasteiger partial charge < -0.3 is 5.32 Å². The Morgan fingerprint density at radius 2 is 1.57 bits per heavy atom. The Labute approximate surface area is 165 Å². The SMILES string of the molecule is CCCCN1C(=O)c2ccc(C(=O)Nc3c(CC)cccc3CC)cc2C1=O. The molecule has 1 N–H and O–H groups in total. The Morgan fingerprint density at radius 1 is 0.929 bits per heavy atom. The molecule has 3 rings (SSSR count). The maximum atomic E-state index is 12.9. The maximum absolute atomic E-state index is 12.9. The summed E-state index contributed by atoms with van der Waals surface area (Å²) in [6.45, 7) is 6.53. The van der Waals surface area contributed by atoms with E-state index in [2.05, 4.69) is 19.2 Å². The van der Waals surface area contributed by atoms with E-state index in [1.54, 1.807) is 12.1 Å². The molecule has 0 bridgehead atoms. The molecule has 28 heavy (non-hydrogen) atoms. The highest BCUT2D eigenvalue weighted by molar-refractivity contribution is 6.22. The Kier molecular flexibility index (Phi) is 5.93. The second-order valence-electron chi connectivity index (χ2n) is 6.99. The third-order valence-corrected chi connectivity index (χ3v) is 5.21. The van der Waals surface area contributed by atoms with E-state index >= 15 is 0 Å². The number of carbonyl (C=O) groups excluding carboxylic acids is 3. The summed E-state index contributed by atoms with van der Waals surface area (Å²) in [5, 5.41) is 3.01. The van der Waals surface area contributed by atoms with Crippen molar-refractivity contribution in [1.82, 2.24) is 4.90 Å². The quantitative estimate of drug-likeness (QED) is 0.724. The number of hydrogen-bond donors (Lipinski definition) is 1. The lowest BCUT2D eigenvalue weighted by Crippen LogP contribution is -2.30. The highest BCUT2D eigenvalue weighted by Gasteiger charge is 2.35. The first kappa shape index (κ1) is 19.8. The van der Waals surface area contributed by atoms with Crippen molar-refractivity contribution in [2.45, 2.75) is 46.5 Å². The second kappa shape index (κ2) is 8.38. The average molecular weight is 378 g/mol. The minimum atomic E-state index is -0.314. The molecule has 1 heterocycles. The van der Waals surface area contributed by atoms with Crippen molar-refractivity contribution in [1.29, 1.82) is 0 Å². The second-order valence-corrected chi connectivity index (χ2v) is 6.99. The Hall–Kier alpha value is -2.95. The van der Waals surface area contributed by atoms with Crippen molar-refractivity contribution < 1.29 is 14.4 Å². The molecule has 0 saturated heterocycles. The summed E-state index contributed by atoms with van der Waals surface area (Å²) in [4.78, 5) is 39.2. The van der Waals surface area contributed by atoms with Gasteiger partial charge in [-0.3, -0.25) is 19.3 Å². The van der Waals surface area contributed by atoms with Gasteiger partial charge in [-0.25, -0.2) is 0 Å². The minimum Gasteiger partial charge on any atom is -0.321 e. The van der Waals surface area contributed by atoms with E-state index in [1.165, 1.54) is 11.0 Å². The van der Waals surface area contributed by atoms with Crippen LogP contribution in [0.25, 0.3) is 0 Å². The number of aryl methyl sites for hydroxylation is 2. The van der Waals surface area contributed by atoms with Crippen molar-refractivity contribution in [3.8, 4) is 0 Å². The van der Waals surface area contributed by atoms with Gasteiger partial charge in [0.25, 0.3) is 17.7 Å². The first-order valence-electron chi connectivity index (χ1n) is 9.94. The van der Waals surface area contributed by atoms with Gasteiger partial charge in [-0.1, -0.05) is 45.4 Å². The number of nitrogens with zero attached hydrogens (tertiary/aromatic N) is 1. The molecule has 0 spiro atoms. The normalized spacial score (nSPS) is 13.0. The Bertz CT molecular complexity index is 911. The predicted octanol–water partition coefficient (Wildman–Crippen LogP) is 4.46. The van der Waals surface area contributed by atoms with Gasteiger partial charge in [-0.05, 0) is 48.6 Å². The standard InChI is InChI=1S/C23H26N2O3/c1-4-7-13-25-22(27)18-12-11-17(14-19(18)23(25)28)21(26)24-20-15(5-2)9-8-10-16(20)6-3/h8-12,14H,4-7,13H2,1-3H3,(H,24,26). The number of anilines is 1. The number of hydrogen-bond acceptors (Lipinski definition) is 3. The van der Waals surface area contributed by atoms with Gasteiger partial charge in [-0.2, -0.15) is 0 Å². The number of benzene rings is 2. The van der Waals surface area contributed by atoms with E-state index in [4.69, 9.17) is 0 Å². The third kappa shape index (κ3) is 3.57. The van der Waals surface area contributed by atoms with Gasteiger partial charge in [0.05, 0.1) is 11.1 Å². The number of imide groups is 1. The summed E-state index contributed by atoms with van der Waals surface area (Å²) < 4.78 is 0. The van der Waals surface area contributed by atoms with Crippen LogP contribution in [0.1, 0.15) is 75.8 Å². The number of carbonyl (C=O) groups is 3. The molecular weight excluding hydrogens is 352 g/mol. The molecular formula is C23H26N2O3. The first-order chi connectivity index (χ1) is 13.5. The molecule has 0 saturated carbocycles. The molecule has 5 nitrogen and oxygen atoms in total. The highest BCUT2D eigenvalue weighted by Crippen LogP contribution is 2.26. The summed E-state index contributed by atoms with van der Waals surface area (Å²) in [7, 11) is 0. The summed E-state index contributed by atoms with van der Waals surface area (Å²) in [5.74, 6) is -0.859. The molecule has 3 amide bonds. The predicted molar refractivity (Wildman–Crippen MR) is 110 cm³/mol. The number of fused-ring (bicyclic) bond motifs is 1. The van der Waals surface area contributed by atoms with Crippen LogP contribution in [0.5, 0.6) is 0 Å². The van der Waals surface area contributed by atoms with Crippen molar-refractivity contribution in [2.75, 3.05) is 11.9 Å². The lowest BCUT2D eigenvalue weighted by molar-refractivity contribution is 0.0652. The van der Waals surface area contributed by atoms with Gasteiger partial charge in [0.1, 0.15) is 0 Å². The summed E-state index contributed by atoms with van der Waals surface area (Å²) in [5.41, 5.74) is 4.06. The molecule has 0 radical (unpaired) electrons. The van der Waals surface area contributed by atoms with E-state index in [0.717, 1.165) is 42.5 Å². The van der Waals surface area contributed by atoms with Crippen LogP contribution in [-0.2, 0) is 12.8 Å². The Morgan fingerprint density at radius 3 is 2.18 bits per heavy atom. The smallest absolute Gasteiger partial charge is 0.261 e. The van der Waals surface area contributed by atoms with E-state index in [9.17, 15) is 14.4 Å². The van der Waals surface area contributed by atoms with Crippen molar-refractivity contribution in [3.63, 3.8) is 0 Å². The van der Waals surface area contributed by atoms with Crippen molar-refractivity contribution in [3.05, 3.63) is 64.2 Å². The molecule has 1 aliphatic rings. The van der Waals surface area contributed by atoms with E-state index in [-0.39, 0.29) is 17.7 Å². The fourth-order valence-electron chi connectivity index (χ4n) is 3.54. The molecule has 5 heteroatoms. The Balaban J connectivity index is 1.88. The molecule has 0 aliphatic carbocycles. The van der Waals surface area contributed by atoms with Crippen LogP contribution in [-0.4, -0.2) is 29.2 Å². The third-order valence-electron chi connectivity index (χ3n) is 5.21. The lowest BCUT2D eigenvalue weighted by Gasteiger charge is -2.14. The zero-order valence-corrected chi connectivity index (χ0v) is 16.7. The van der Waals surface area contributed by atoms with Crippen molar-refractivity contribution in [2.24, 2.45) is 0 Å². The number of rotatable bonds is 7. The van der Waals surface area contributed by atoms with E-state index < -0.39 is 0 Å². The largest absolute Gasteiger partial charge is 0.321 e. The number of unbranched alkanes of at least 4 members (excludes halogenated alkanes) is 1. The van der Waals surface area contributed by atoms with Gasteiger partial charge in [-0.15, -0.1) is 0 Å². The molecule has 0 aromatic heterocycles. The van der Waals surface area contributed by atoms with Gasteiger partial charge in [0, 0.05) is 17.8 Å². The van der Waals surface area contributed by atoms with E-state index in [1.807, 2.05) is 25.1 Å². The minimum absolute atomic E-state index is 0.273. The molecule has 0 unspecified atom stereocenters. The topological polar surface area (TPSA) is 66.5 Å². The van der Waals surface area contributed by atoms with Gasteiger partial charge in [0.2, 0.25) is 0 Å². The zero-order chi connectivity index (χ0) is 20.3. The number of nitrogens with one attached hydrogen (secondary N) is 1. The summed E-state index contributed by atoms with van der Waals surface area (Å²) in [6, 6.07) is 10.7. The number of para-hydroxylation sites is 1. The summed E-state index contributed by atoms with van der Waals surface area (Å²) in [6.07, 6.45) is 3.30. The lowest BCUT2D eigenvalue weighted by atomic mass is 10.0. The molecule has 146 valence electrons. The van der Waals surface area contributed by atoms with Crippen LogP contribution < -0.4 is 5.32 Å². The number of amides is 3. The fraction of sp³-hybridized carbons (Fsp3) is 0.348. The first-order valence-corrected chi connectivity index (χ1v) is 9.94. The zero-order valence-electron chi connectivity index (χ0n) is 16.7. The van der Waals surface area contributed by atoms with Gasteiger partial charge in [0.15, 0.2) is 0 Å². The molecule has 2 aromatic rings. The summed E-state index contributed by atoms with van der Waals surface area (Å²) >= 11 is 0. The van der Waals surface area contributed by atoms with E-state index in [0.29, 0.717) is 23.2 Å². The molecule has 2 aromatic carbocycles. The van der Waals surface area contributed by atoms with Crippen molar-refractivity contribution >= 4 is 23.4 Å². The molecule has 0 atom stereocenters. The monoisotopic (exact) mass is 378 g/mol. The van der Waals surface area contributed by atoms with Crippen LogP contribution >= 0.6 is 0 Å². The van der Waals surface area contributed by atoms with Crippen LogP contribution in [0, 0.1) is 0 Å². The van der Waals surface area contributed by atoms with Crippen LogP contribution in [0.4, 0.5) is 5.69 Å². The van der Waals surface area contributed by atoms with Crippen LogP contribution in [0.15, 0.2) is 36.4 Å². The van der Waals surface area contributed by atoms with Gasteiger partial charge >= 0.3 is 0 Å². The van der Waals surface area contributed by atoms with Crippen LogP contribution in [0.2, 0.25) is 0 Å². The maximum Gasteiger partial charge on any atom is 0.261 e. The average Bonchev–Trinajstić information content (AvgIpc) is 2.96.